The summed E-state index contributed by atoms with van der Waals surface area (Å²) in [5, 5.41) is 2.77. The van der Waals surface area contributed by atoms with E-state index in [4.69, 9.17) is 18.6 Å². The second kappa shape index (κ2) is 9.57. The first-order chi connectivity index (χ1) is 12.8. The lowest BCUT2D eigenvalue weighted by atomic mass is 10.1. The minimum atomic E-state index is -0.916. The van der Waals surface area contributed by atoms with E-state index in [1.54, 1.807) is 48.5 Å². The zero-order valence-corrected chi connectivity index (χ0v) is 17.6. The topological polar surface area (TPSA) is 117 Å². The van der Waals surface area contributed by atoms with Crippen molar-refractivity contribution >= 4 is 23.9 Å². The van der Waals surface area contributed by atoms with Crippen LogP contribution < -0.4 is 5.32 Å². The maximum absolute atomic E-state index is 12.5. The van der Waals surface area contributed by atoms with Crippen molar-refractivity contribution in [1.29, 1.82) is 0 Å². The summed E-state index contributed by atoms with van der Waals surface area (Å²) in [6.45, 7) is 12.4. The highest BCUT2D eigenvalue weighted by Gasteiger charge is 2.28. The van der Waals surface area contributed by atoms with Gasteiger partial charge in [-0.25, -0.2) is 9.59 Å². The van der Waals surface area contributed by atoms with E-state index in [-0.39, 0.29) is 31.2 Å². The SMILES string of the molecule is CCOC(=O)c1coc(NC(CCC(=O)OC(C)(C)C)C(=O)OC(C)(C)C)n1. The van der Waals surface area contributed by atoms with E-state index >= 15 is 0 Å². The molecule has 9 heteroatoms. The summed E-state index contributed by atoms with van der Waals surface area (Å²) in [5.74, 6) is -1.66. The van der Waals surface area contributed by atoms with Gasteiger partial charge in [-0.05, 0) is 54.9 Å². The Kier molecular flexibility index (Phi) is 8.01. The molecule has 158 valence electrons. The molecule has 1 N–H and O–H groups in total. The third-order valence-corrected chi connectivity index (χ3v) is 3.03. The molecular weight excluding hydrogens is 368 g/mol. The van der Waals surface area contributed by atoms with E-state index in [1.807, 2.05) is 0 Å². The van der Waals surface area contributed by atoms with Gasteiger partial charge in [-0.15, -0.1) is 0 Å². The molecule has 1 unspecified atom stereocenters. The number of oxazole rings is 1. The third kappa shape index (κ3) is 8.88. The molecule has 0 aliphatic carbocycles. The van der Waals surface area contributed by atoms with E-state index in [2.05, 4.69) is 10.3 Å². The van der Waals surface area contributed by atoms with Gasteiger partial charge < -0.3 is 23.9 Å². The number of ether oxygens (including phenoxy) is 3. The Bertz CT molecular complexity index is 683. The Morgan fingerprint density at radius 3 is 2.25 bits per heavy atom. The average molecular weight is 398 g/mol. The molecule has 0 spiro atoms. The molecule has 1 aromatic rings. The van der Waals surface area contributed by atoms with Crippen molar-refractivity contribution in [3.63, 3.8) is 0 Å². The predicted molar refractivity (Wildman–Crippen MR) is 101 cm³/mol. The molecule has 0 saturated carbocycles. The van der Waals surface area contributed by atoms with Crippen LogP contribution in [0.4, 0.5) is 6.01 Å². The van der Waals surface area contributed by atoms with Crippen molar-refractivity contribution in [1.82, 2.24) is 4.98 Å². The van der Waals surface area contributed by atoms with Crippen molar-refractivity contribution < 1.29 is 33.0 Å². The van der Waals surface area contributed by atoms with Crippen LogP contribution in [0.3, 0.4) is 0 Å². The lowest BCUT2D eigenvalue weighted by molar-refractivity contribution is -0.157. The van der Waals surface area contributed by atoms with E-state index in [9.17, 15) is 14.4 Å². The fraction of sp³-hybridized carbons (Fsp3) is 0.684. The fourth-order valence-corrected chi connectivity index (χ4v) is 2.06. The molecule has 0 radical (unpaired) electrons. The first-order valence-corrected chi connectivity index (χ1v) is 9.14. The van der Waals surface area contributed by atoms with E-state index in [0.717, 1.165) is 6.26 Å². The minimum absolute atomic E-state index is 0.0143. The highest BCUT2D eigenvalue weighted by atomic mass is 16.6. The summed E-state index contributed by atoms with van der Waals surface area (Å²) in [4.78, 5) is 40.1. The number of aromatic nitrogens is 1. The first-order valence-electron chi connectivity index (χ1n) is 9.14. The van der Waals surface area contributed by atoms with Crippen molar-refractivity contribution in [2.45, 2.75) is 78.6 Å². The number of anilines is 1. The number of hydrogen-bond acceptors (Lipinski definition) is 9. The highest BCUT2D eigenvalue weighted by Crippen LogP contribution is 2.17. The molecule has 1 heterocycles. The maximum Gasteiger partial charge on any atom is 0.360 e. The summed E-state index contributed by atoms with van der Waals surface area (Å²) in [5.41, 5.74) is -1.36. The van der Waals surface area contributed by atoms with Crippen LogP contribution >= 0.6 is 0 Å². The molecule has 0 aliphatic heterocycles. The fourth-order valence-electron chi connectivity index (χ4n) is 2.06. The third-order valence-electron chi connectivity index (χ3n) is 3.03. The van der Waals surface area contributed by atoms with Gasteiger partial charge in [0.25, 0.3) is 6.01 Å². The van der Waals surface area contributed by atoms with Gasteiger partial charge in [0.2, 0.25) is 0 Å². The molecular formula is C19H30N2O7. The van der Waals surface area contributed by atoms with Crippen LogP contribution in [0.25, 0.3) is 0 Å². The zero-order valence-electron chi connectivity index (χ0n) is 17.6. The lowest BCUT2D eigenvalue weighted by Crippen LogP contribution is -2.37. The zero-order chi connectivity index (χ0) is 21.5. The molecule has 0 saturated heterocycles. The van der Waals surface area contributed by atoms with Crippen molar-refractivity contribution in [3.8, 4) is 0 Å². The standard InChI is InChI=1S/C19H30N2O7/c1-8-25-15(23)13-11-26-17(21-13)20-12(16(24)28-19(5,6)7)9-10-14(22)27-18(2,3)4/h11-12H,8-10H2,1-7H3,(H,20,21). The number of esters is 3. The smallest absolute Gasteiger partial charge is 0.360 e. The highest BCUT2D eigenvalue weighted by molar-refractivity contribution is 5.87. The Balaban J connectivity index is 2.85. The average Bonchev–Trinajstić information content (AvgIpc) is 2.96. The van der Waals surface area contributed by atoms with Gasteiger partial charge >= 0.3 is 17.9 Å². The van der Waals surface area contributed by atoms with Crippen molar-refractivity contribution in [2.75, 3.05) is 11.9 Å². The second-order valence-corrected chi connectivity index (χ2v) is 8.11. The summed E-state index contributed by atoms with van der Waals surface area (Å²) >= 11 is 0. The predicted octanol–water partition coefficient (Wildman–Crippen LogP) is 3.10. The van der Waals surface area contributed by atoms with Crippen LogP contribution in [0.1, 0.15) is 71.8 Å². The Morgan fingerprint density at radius 1 is 1.11 bits per heavy atom. The van der Waals surface area contributed by atoms with E-state index in [0.29, 0.717) is 0 Å². The maximum atomic E-state index is 12.5. The number of nitrogens with one attached hydrogen (secondary N) is 1. The van der Waals surface area contributed by atoms with Gasteiger partial charge in [0, 0.05) is 6.42 Å². The first kappa shape index (κ1) is 23.5. The van der Waals surface area contributed by atoms with Gasteiger partial charge in [-0.1, -0.05) is 0 Å². The van der Waals surface area contributed by atoms with E-state index in [1.165, 1.54) is 0 Å². The quantitative estimate of drug-likeness (QED) is 0.520. The number of carbonyl (C=O) groups excluding carboxylic acids is 3. The van der Waals surface area contributed by atoms with Crippen molar-refractivity contribution in [3.05, 3.63) is 12.0 Å². The minimum Gasteiger partial charge on any atom is -0.461 e. The monoisotopic (exact) mass is 398 g/mol. The molecule has 28 heavy (non-hydrogen) atoms. The summed E-state index contributed by atoms with van der Waals surface area (Å²) < 4.78 is 20.7. The van der Waals surface area contributed by atoms with Crippen LogP contribution in [0, 0.1) is 0 Å². The Morgan fingerprint density at radius 2 is 1.71 bits per heavy atom. The van der Waals surface area contributed by atoms with Crippen LogP contribution in [0.5, 0.6) is 0 Å². The molecule has 0 amide bonds. The number of nitrogens with zero attached hydrogens (tertiary/aromatic N) is 1. The van der Waals surface area contributed by atoms with Gasteiger partial charge in [0.1, 0.15) is 23.5 Å². The summed E-state index contributed by atoms with van der Waals surface area (Å²) in [7, 11) is 0. The number of rotatable bonds is 8. The van der Waals surface area contributed by atoms with Crippen LogP contribution in [0.15, 0.2) is 10.7 Å². The second-order valence-electron chi connectivity index (χ2n) is 8.11. The molecule has 0 fully saturated rings. The molecule has 0 bridgehead atoms. The van der Waals surface area contributed by atoms with Crippen LogP contribution in [0.2, 0.25) is 0 Å². The summed E-state index contributed by atoms with van der Waals surface area (Å²) in [6.07, 6.45) is 1.21. The van der Waals surface area contributed by atoms with Gasteiger partial charge in [-0.3, -0.25) is 4.79 Å². The lowest BCUT2D eigenvalue weighted by Gasteiger charge is -2.24. The Labute approximate surface area is 165 Å². The Hall–Kier alpha value is -2.58. The summed E-state index contributed by atoms with van der Waals surface area (Å²) in [6, 6.07) is -0.969. The van der Waals surface area contributed by atoms with E-state index < -0.39 is 35.2 Å². The van der Waals surface area contributed by atoms with Crippen LogP contribution in [-0.4, -0.2) is 46.7 Å². The number of hydrogen-bond donors (Lipinski definition) is 1. The largest absolute Gasteiger partial charge is 0.461 e. The molecule has 1 aromatic heterocycles. The van der Waals surface area contributed by atoms with Crippen molar-refractivity contribution in [2.24, 2.45) is 0 Å². The molecule has 1 atom stereocenters. The molecule has 0 aromatic carbocycles. The molecule has 1 rings (SSSR count). The number of carbonyl (C=O) groups is 3. The normalized spacial score (nSPS) is 12.8. The van der Waals surface area contributed by atoms with Crippen LogP contribution in [-0.2, 0) is 23.8 Å². The molecule has 9 nitrogen and oxygen atoms in total. The molecule has 0 aliphatic rings. The van der Waals surface area contributed by atoms with Gasteiger partial charge in [0.15, 0.2) is 5.69 Å². The van der Waals surface area contributed by atoms with Gasteiger partial charge in [-0.2, -0.15) is 4.98 Å². The van der Waals surface area contributed by atoms with Gasteiger partial charge in [0.05, 0.1) is 6.61 Å².